The fourth-order valence-corrected chi connectivity index (χ4v) is 6.13. The van der Waals surface area contributed by atoms with Gasteiger partial charge in [0.25, 0.3) is 0 Å². The second kappa shape index (κ2) is 19.7. The summed E-state index contributed by atoms with van der Waals surface area (Å²) in [6, 6.07) is 0. The minimum absolute atomic E-state index is 0.00149. The summed E-state index contributed by atoms with van der Waals surface area (Å²) in [5.74, 6) is -1.03. The number of unbranched alkanes of at least 4 members (excludes halogenated alkanes) is 2. The van der Waals surface area contributed by atoms with E-state index in [1.165, 1.54) is 0 Å². The number of carbonyl (C=O) groups is 3. The molecule has 1 N–H and O–H groups in total. The Kier molecular flexibility index (Phi) is 15.8. The first-order chi connectivity index (χ1) is 23.1. The van der Waals surface area contributed by atoms with Crippen LogP contribution in [0.15, 0.2) is 23.8 Å². The summed E-state index contributed by atoms with van der Waals surface area (Å²) >= 11 is 0. The molecular weight excluding hydrogens is 624 g/mol. The minimum atomic E-state index is -0.936. The van der Waals surface area contributed by atoms with Crippen LogP contribution in [0.1, 0.15) is 85.5 Å². The maximum Gasteiger partial charge on any atom is 0.338 e. The molecule has 4 aliphatic rings. The van der Waals surface area contributed by atoms with Crippen LogP contribution in [0.25, 0.3) is 0 Å². The van der Waals surface area contributed by atoms with Gasteiger partial charge in [-0.1, -0.05) is 39.8 Å². The first-order valence-electron chi connectivity index (χ1n) is 17.8. The van der Waals surface area contributed by atoms with Crippen molar-refractivity contribution in [3.05, 3.63) is 23.8 Å². The smallest absolute Gasteiger partial charge is 0.338 e. The number of rotatable bonds is 19. The molecule has 48 heavy (non-hydrogen) atoms. The Labute approximate surface area is 284 Å². The van der Waals surface area contributed by atoms with Crippen molar-refractivity contribution in [1.82, 2.24) is 0 Å². The van der Waals surface area contributed by atoms with E-state index in [2.05, 4.69) is 0 Å². The topological polar surface area (TPSA) is 145 Å². The van der Waals surface area contributed by atoms with E-state index in [9.17, 15) is 19.5 Å². The second-order valence-corrected chi connectivity index (χ2v) is 13.7. The summed E-state index contributed by atoms with van der Waals surface area (Å²) in [6.45, 7) is 9.70. The van der Waals surface area contributed by atoms with Crippen molar-refractivity contribution in [2.75, 3.05) is 39.6 Å². The first kappa shape index (κ1) is 38.5. The van der Waals surface area contributed by atoms with E-state index in [1.807, 2.05) is 39.8 Å². The van der Waals surface area contributed by atoms with Crippen LogP contribution in [0.3, 0.4) is 0 Å². The number of aliphatic hydroxyl groups excluding tert-OH is 1. The Bertz CT molecular complexity index is 1080. The molecule has 1 saturated carbocycles. The Morgan fingerprint density at radius 1 is 0.792 bits per heavy atom. The third-order valence-electron chi connectivity index (χ3n) is 9.15. The van der Waals surface area contributed by atoms with Crippen LogP contribution in [0.5, 0.6) is 0 Å². The van der Waals surface area contributed by atoms with E-state index in [1.54, 1.807) is 6.08 Å². The molecule has 12 nitrogen and oxygen atoms in total. The number of carbonyl (C=O) groups excluding carboxylic acids is 3. The second-order valence-electron chi connectivity index (χ2n) is 13.7. The van der Waals surface area contributed by atoms with Gasteiger partial charge in [0.1, 0.15) is 18.3 Å². The minimum Gasteiger partial charge on any atom is -0.465 e. The molecule has 2 heterocycles. The molecule has 2 aliphatic carbocycles. The van der Waals surface area contributed by atoms with Gasteiger partial charge < -0.3 is 43.0 Å². The number of ether oxygens (including phenoxy) is 8. The van der Waals surface area contributed by atoms with Gasteiger partial charge >= 0.3 is 17.9 Å². The van der Waals surface area contributed by atoms with Gasteiger partial charge in [0.2, 0.25) is 0 Å². The van der Waals surface area contributed by atoms with Crippen molar-refractivity contribution in [1.29, 1.82) is 0 Å². The van der Waals surface area contributed by atoms with E-state index in [4.69, 9.17) is 37.9 Å². The number of esters is 3. The molecule has 4 rings (SSSR count). The molecule has 0 bridgehead atoms. The molecule has 2 aliphatic heterocycles. The van der Waals surface area contributed by atoms with Crippen LogP contribution >= 0.6 is 0 Å². The molecule has 0 amide bonds. The predicted octanol–water partition coefficient (Wildman–Crippen LogP) is 4.21. The van der Waals surface area contributed by atoms with Gasteiger partial charge in [0, 0.05) is 19.1 Å². The zero-order valence-corrected chi connectivity index (χ0v) is 29.1. The van der Waals surface area contributed by atoms with E-state index in [-0.39, 0.29) is 55.1 Å². The van der Waals surface area contributed by atoms with Gasteiger partial charge in [0.05, 0.1) is 56.0 Å². The van der Waals surface area contributed by atoms with Crippen LogP contribution in [0, 0.1) is 17.8 Å². The van der Waals surface area contributed by atoms with Crippen LogP contribution in [0.4, 0.5) is 0 Å². The summed E-state index contributed by atoms with van der Waals surface area (Å²) in [5.41, 5.74) is 0.465. The molecule has 0 aromatic heterocycles. The van der Waals surface area contributed by atoms with E-state index >= 15 is 0 Å². The molecule has 0 aromatic rings. The molecule has 12 heteroatoms. The van der Waals surface area contributed by atoms with Crippen molar-refractivity contribution in [2.24, 2.45) is 17.8 Å². The lowest BCUT2D eigenvalue weighted by Gasteiger charge is -2.32. The predicted molar refractivity (Wildman–Crippen MR) is 174 cm³/mol. The molecule has 6 atom stereocenters. The Morgan fingerprint density at radius 3 is 1.94 bits per heavy atom. The third kappa shape index (κ3) is 11.9. The molecule has 5 unspecified atom stereocenters. The highest BCUT2D eigenvalue weighted by Gasteiger charge is 2.51. The quantitative estimate of drug-likeness (QED) is 0.0903. The molecule has 3 fully saturated rings. The molecular formula is C36H56O12. The first-order valence-corrected chi connectivity index (χ1v) is 17.8. The van der Waals surface area contributed by atoms with Crippen molar-refractivity contribution in [2.45, 2.75) is 128 Å². The highest BCUT2D eigenvalue weighted by Crippen LogP contribution is 2.35. The van der Waals surface area contributed by atoms with E-state index < -0.39 is 36.7 Å². The Morgan fingerprint density at radius 2 is 1.35 bits per heavy atom. The van der Waals surface area contributed by atoms with Crippen LogP contribution in [0.2, 0.25) is 0 Å². The zero-order chi connectivity index (χ0) is 34.5. The molecule has 272 valence electrons. The summed E-state index contributed by atoms with van der Waals surface area (Å²) in [6.07, 6.45) is 9.61. The highest BCUT2D eigenvalue weighted by molar-refractivity contribution is 5.92. The largest absolute Gasteiger partial charge is 0.465 e. The van der Waals surface area contributed by atoms with Gasteiger partial charge in [-0.05, 0) is 63.9 Å². The number of fused-ring (bicyclic) bond motifs is 1. The summed E-state index contributed by atoms with van der Waals surface area (Å²) in [7, 11) is 0. The van der Waals surface area contributed by atoms with Crippen LogP contribution in [-0.2, 0) is 52.3 Å². The fraction of sp³-hybridized carbons (Fsp3) is 0.806. The standard InChI is InChI=1S/C36H56O12/c1-23(2)33(37)43-19-7-5-17-41-27-13-9-25(10-14-27)35(39)47-29-21-45-32-30(22-46-31(29)32)48-36(40)26-11-15-28(16-12-26)42-18-6-8-20-44-34(38)24(3)4/h9-10,13,23-24,26-32,36,40H,5-8,11-12,14-22H2,1-4H3/t26?,27?,28?,29?,30-,31?,32?,36?/m1/s1. The van der Waals surface area contributed by atoms with Crippen molar-refractivity contribution < 1.29 is 57.4 Å². The zero-order valence-electron chi connectivity index (χ0n) is 29.1. The maximum absolute atomic E-state index is 12.9. The summed E-state index contributed by atoms with van der Waals surface area (Å²) in [5, 5.41) is 10.9. The Balaban J connectivity index is 1.07. The highest BCUT2D eigenvalue weighted by atomic mass is 16.7. The van der Waals surface area contributed by atoms with Crippen molar-refractivity contribution in [3.8, 4) is 0 Å². The summed E-state index contributed by atoms with van der Waals surface area (Å²) < 4.78 is 45.9. The molecule has 2 saturated heterocycles. The number of hydrogen-bond donors (Lipinski definition) is 1. The number of aliphatic hydroxyl groups is 1. The van der Waals surface area contributed by atoms with Gasteiger partial charge in [-0.15, -0.1) is 0 Å². The number of hydrogen-bond acceptors (Lipinski definition) is 12. The van der Waals surface area contributed by atoms with E-state index in [0.29, 0.717) is 38.4 Å². The third-order valence-corrected chi connectivity index (χ3v) is 9.15. The monoisotopic (exact) mass is 680 g/mol. The summed E-state index contributed by atoms with van der Waals surface area (Å²) in [4.78, 5) is 35.9. The van der Waals surface area contributed by atoms with Gasteiger partial charge in [-0.25, -0.2) is 4.79 Å². The van der Waals surface area contributed by atoms with Gasteiger partial charge in [0.15, 0.2) is 12.4 Å². The van der Waals surface area contributed by atoms with Crippen molar-refractivity contribution >= 4 is 17.9 Å². The van der Waals surface area contributed by atoms with Crippen LogP contribution < -0.4 is 0 Å². The average Bonchev–Trinajstić information content (AvgIpc) is 3.67. The van der Waals surface area contributed by atoms with Crippen molar-refractivity contribution in [3.63, 3.8) is 0 Å². The maximum atomic E-state index is 12.9. The fourth-order valence-electron chi connectivity index (χ4n) is 6.13. The SMILES string of the molecule is CC(C)C(=O)OCCCCOC1C=CC(C(=O)OC2COC3C2OC[C@H]3OC(O)C2CCC(OCCCCOC(=O)C(C)C)CC2)=CC1. The normalized spacial score (nSPS) is 29.1. The van der Waals surface area contributed by atoms with Gasteiger partial charge in [-0.3, -0.25) is 9.59 Å². The molecule has 0 aromatic carbocycles. The van der Waals surface area contributed by atoms with E-state index in [0.717, 1.165) is 51.4 Å². The van der Waals surface area contributed by atoms with Gasteiger partial charge in [-0.2, -0.15) is 0 Å². The van der Waals surface area contributed by atoms with Crippen LogP contribution in [-0.4, -0.2) is 106 Å². The molecule has 0 radical (unpaired) electrons. The lowest BCUT2D eigenvalue weighted by Crippen LogP contribution is -2.39. The average molecular weight is 681 g/mol. The Hall–Kier alpha value is -2.35. The lowest BCUT2D eigenvalue weighted by molar-refractivity contribution is -0.192. The lowest BCUT2D eigenvalue weighted by atomic mass is 9.87. The molecule has 0 spiro atoms.